The molecule has 3 aliphatic heterocycles. The first-order chi connectivity index (χ1) is 11.6. The Bertz CT molecular complexity index is 742. The minimum Gasteiger partial charge on any atom is -0.497 e. The number of ether oxygens (including phenoxy) is 1. The molecule has 2 saturated heterocycles. The summed E-state index contributed by atoms with van der Waals surface area (Å²) in [4.78, 5) is 14.4. The van der Waals surface area contributed by atoms with Crippen molar-refractivity contribution in [3.05, 3.63) is 42.0 Å². The van der Waals surface area contributed by atoms with Crippen LogP contribution in [0.3, 0.4) is 0 Å². The van der Waals surface area contributed by atoms with Crippen molar-refractivity contribution in [1.82, 2.24) is 4.90 Å². The van der Waals surface area contributed by atoms with Gasteiger partial charge in [0.1, 0.15) is 9.83 Å². The van der Waals surface area contributed by atoms with Crippen molar-refractivity contribution >= 4 is 27.4 Å². The summed E-state index contributed by atoms with van der Waals surface area (Å²) < 4.78 is 29.7. The molecule has 2 unspecified atom stereocenters. The standard InChI is InChI=1S/C17H19NO4S2/c1-22-13-4-2-12(3-5-13)11-18-14-10-17(16(18)7-6-15(14)19)23(20)8-9-24(17)21/h2-7,14,16H,8-11H2,1H3/t14-,16-,17?,23?,24?/m1/s1. The second kappa shape index (κ2) is 5.89. The molecule has 0 N–H and O–H groups in total. The molecule has 128 valence electrons. The van der Waals surface area contributed by atoms with Crippen LogP contribution in [0.5, 0.6) is 5.75 Å². The molecule has 1 spiro atoms. The van der Waals surface area contributed by atoms with Gasteiger partial charge in [-0.1, -0.05) is 18.2 Å². The predicted octanol–water partition coefficient (Wildman–Crippen LogP) is 0.984. The molecule has 1 aromatic carbocycles. The molecule has 7 heteroatoms. The molecule has 3 aliphatic rings. The minimum absolute atomic E-state index is 0.0255. The maximum absolute atomic E-state index is 12.7. The molecule has 0 amide bonds. The third-order valence-corrected chi connectivity index (χ3v) is 10.1. The molecule has 0 aliphatic carbocycles. The maximum atomic E-state index is 12.7. The molecular formula is C17H19NO4S2. The van der Waals surface area contributed by atoms with Gasteiger partial charge in [0.25, 0.3) is 0 Å². The molecular weight excluding hydrogens is 346 g/mol. The first-order valence-electron chi connectivity index (χ1n) is 7.94. The van der Waals surface area contributed by atoms with Gasteiger partial charge in [-0.15, -0.1) is 0 Å². The topological polar surface area (TPSA) is 63.7 Å². The van der Waals surface area contributed by atoms with Crippen molar-refractivity contribution in [3.8, 4) is 5.75 Å². The summed E-state index contributed by atoms with van der Waals surface area (Å²) in [6.45, 7) is 0.575. The van der Waals surface area contributed by atoms with Gasteiger partial charge in [-0.05, 0) is 23.8 Å². The minimum atomic E-state index is -1.16. The van der Waals surface area contributed by atoms with E-state index in [1.54, 1.807) is 13.2 Å². The first kappa shape index (κ1) is 16.2. The van der Waals surface area contributed by atoms with Crippen LogP contribution in [-0.4, -0.2) is 53.9 Å². The Kier molecular flexibility index (Phi) is 3.97. The monoisotopic (exact) mass is 365 g/mol. The molecule has 0 saturated carbocycles. The lowest BCUT2D eigenvalue weighted by molar-refractivity contribution is -0.119. The van der Waals surface area contributed by atoms with Crippen LogP contribution in [0.4, 0.5) is 0 Å². The number of ketones is 1. The number of carbonyl (C=O) groups is 1. The fourth-order valence-electron chi connectivity index (χ4n) is 3.98. The van der Waals surface area contributed by atoms with Crippen LogP contribution in [0.2, 0.25) is 0 Å². The average molecular weight is 365 g/mol. The Labute approximate surface area is 146 Å². The summed E-state index contributed by atoms with van der Waals surface area (Å²) >= 11 is 0. The van der Waals surface area contributed by atoms with E-state index < -0.39 is 25.7 Å². The molecule has 1 aromatic rings. The van der Waals surface area contributed by atoms with Crippen molar-refractivity contribution in [2.24, 2.45) is 0 Å². The van der Waals surface area contributed by atoms with Gasteiger partial charge in [-0.25, -0.2) is 0 Å². The van der Waals surface area contributed by atoms with E-state index in [-0.39, 0.29) is 17.9 Å². The van der Waals surface area contributed by atoms with Gasteiger partial charge in [-0.2, -0.15) is 0 Å². The zero-order valence-electron chi connectivity index (χ0n) is 13.3. The maximum Gasteiger partial charge on any atom is 0.172 e. The van der Waals surface area contributed by atoms with Gasteiger partial charge in [0.05, 0.1) is 19.2 Å². The zero-order valence-corrected chi connectivity index (χ0v) is 15.0. The number of fused-ring (bicyclic) bond motifs is 3. The van der Waals surface area contributed by atoms with Crippen molar-refractivity contribution < 1.29 is 17.9 Å². The van der Waals surface area contributed by atoms with Crippen molar-refractivity contribution in [2.45, 2.75) is 29.1 Å². The normalized spacial score (nSPS) is 38.1. The Morgan fingerprint density at radius 3 is 2.50 bits per heavy atom. The van der Waals surface area contributed by atoms with E-state index in [1.807, 2.05) is 30.3 Å². The number of hydrogen-bond donors (Lipinski definition) is 0. The van der Waals surface area contributed by atoms with E-state index >= 15 is 0 Å². The van der Waals surface area contributed by atoms with Crippen LogP contribution in [0.25, 0.3) is 0 Å². The van der Waals surface area contributed by atoms with Gasteiger partial charge >= 0.3 is 0 Å². The number of rotatable bonds is 3. The summed E-state index contributed by atoms with van der Waals surface area (Å²) in [6, 6.07) is 7.19. The van der Waals surface area contributed by atoms with Gasteiger partial charge in [0.2, 0.25) is 0 Å². The van der Waals surface area contributed by atoms with Crippen LogP contribution < -0.4 is 4.74 Å². The van der Waals surface area contributed by atoms with Crippen LogP contribution in [0.1, 0.15) is 12.0 Å². The lowest BCUT2D eigenvalue weighted by Gasteiger charge is -2.33. The molecule has 4 rings (SSSR count). The summed E-state index contributed by atoms with van der Waals surface area (Å²) in [5.74, 6) is 1.74. The van der Waals surface area contributed by atoms with Crippen LogP contribution in [-0.2, 0) is 32.9 Å². The van der Waals surface area contributed by atoms with E-state index in [1.165, 1.54) is 0 Å². The van der Waals surface area contributed by atoms with E-state index in [0.29, 0.717) is 24.5 Å². The Balaban J connectivity index is 1.68. The highest BCUT2D eigenvalue weighted by atomic mass is 32.3. The van der Waals surface area contributed by atoms with Crippen molar-refractivity contribution in [2.75, 3.05) is 18.6 Å². The van der Waals surface area contributed by atoms with E-state index in [2.05, 4.69) is 4.90 Å². The number of carbonyl (C=O) groups excluding carboxylic acids is 1. The summed E-state index contributed by atoms with van der Waals surface area (Å²) in [7, 11) is -0.700. The summed E-state index contributed by atoms with van der Waals surface area (Å²) in [5.41, 5.74) is 1.06. The number of hydrogen-bond acceptors (Lipinski definition) is 5. The lowest BCUT2D eigenvalue weighted by atomic mass is 10.1. The second-order valence-electron chi connectivity index (χ2n) is 6.36. The number of nitrogens with zero attached hydrogens (tertiary/aromatic N) is 1. The Morgan fingerprint density at radius 1 is 1.21 bits per heavy atom. The predicted molar refractivity (Wildman–Crippen MR) is 93.6 cm³/mol. The van der Waals surface area contributed by atoms with E-state index in [0.717, 1.165) is 11.3 Å². The van der Waals surface area contributed by atoms with E-state index in [4.69, 9.17) is 4.74 Å². The molecule has 4 atom stereocenters. The number of benzene rings is 1. The van der Waals surface area contributed by atoms with E-state index in [9.17, 15) is 13.2 Å². The van der Waals surface area contributed by atoms with Gasteiger partial charge in [0, 0.05) is 46.1 Å². The highest BCUT2D eigenvalue weighted by Gasteiger charge is 2.63. The van der Waals surface area contributed by atoms with Crippen LogP contribution in [0, 0.1) is 0 Å². The second-order valence-corrected chi connectivity index (χ2v) is 10.3. The SMILES string of the molecule is COc1ccc(CN2[C@@H]3CC4([C@H]2C=CC3=O)S(=O)CCS4=O)cc1. The van der Waals surface area contributed by atoms with Crippen molar-refractivity contribution in [1.29, 1.82) is 0 Å². The molecule has 0 aromatic heterocycles. The van der Waals surface area contributed by atoms with Crippen LogP contribution in [0.15, 0.2) is 36.4 Å². The summed E-state index contributed by atoms with van der Waals surface area (Å²) in [5, 5.41) is 0. The fraction of sp³-hybridized carbons (Fsp3) is 0.471. The van der Waals surface area contributed by atoms with Gasteiger partial charge in [0.15, 0.2) is 5.78 Å². The Morgan fingerprint density at radius 2 is 1.88 bits per heavy atom. The van der Waals surface area contributed by atoms with Gasteiger partial charge in [-0.3, -0.25) is 18.1 Å². The quantitative estimate of drug-likeness (QED) is 0.799. The molecule has 24 heavy (non-hydrogen) atoms. The molecule has 0 radical (unpaired) electrons. The smallest absolute Gasteiger partial charge is 0.172 e. The highest BCUT2D eigenvalue weighted by Crippen LogP contribution is 2.47. The first-order valence-corrected chi connectivity index (χ1v) is 10.6. The zero-order chi connectivity index (χ0) is 16.9. The van der Waals surface area contributed by atoms with Crippen molar-refractivity contribution in [3.63, 3.8) is 0 Å². The third-order valence-electron chi connectivity index (χ3n) is 5.21. The molecule has 2 fully saturated rings. The largest absolute Gasteiger partial charge is 0.497 e. The molecule has 3 heterocycles. The molecule has 5 nitrogen and oxygen atoms in total. The third kappa shape index (κ3) is 2.25. The fourth-order valence-corrected chi connectivity index (χ4v) is 8.86. The Hall–Kier alpha value is -1.31. The lowest BCUT2D eigenvalue weighted by Crippen LogP contribution is -2.48. The average Bonchev–Trinajstić information content (AvgIpc) is 3.00. The summed E-state index contributed by atoms with van der Waals surface area (Å²) in [6.07, 6.45) is 3.83. The van der Waals surface area contributed by atoms with Crippen LogP contribution >= 0.6 is 0 Å². The highest BCUT2D eigenvalue weighted by molar-refractivity contribution is 8.07. The van der Waals surface area contributed by atoms with Gasteiger partial charge < -0.3 is 4.74 Å². The molecule has 2 bridgehead atoms. The number of methoxy groups -OCH3 is 1.